The average molecular weight is 221 g/mol. The third-order valence-corrected chi connectivity index (χ3v) is 2.88. The summed E-state index contributed by atoms with van der Waals surface area (Å²) in [6, 6.07) is 8.25. The maximum absolute atomic E-state index is 12.8. The molecule has 4 heteroatoms. The van der Waals surface area contributed by atoms with Gasteiger partial charge in [-0.2, -0.15) is 5.26 Å². The standard InChI is InChI=1S/C12H13FN2O/c13-11-3-1-10(2-4-11)12(9-14)15-5-7-16-8-6-15/h1-4,12H,5-8H2/p+1/t12-/m1/s1. The highest BCUT2D eigenvalue weighted by Crippen LogP contribution is 2.10. The molecule has 3 nitrogen and oxygen atoms in total. The lowest BCUT2D eigenvalue weighted by Crippen LogP contribution is -3.14. The van der Waals surface area contributed by atoms with Crippen molar-refractivity contribution in [3.63, 3.8) is 0 Å². The molecule has 0 aromatic heterocycles. The van der Waals surface area contributed by atoms with E-state index in [2.05, 4.69) is 6.07 Å². The van der Waals surface area contributed by atoms with E-state index in [4.69, 9.17) is 4.74 Å². The number of quaternary nitrogens is 1. The first-order chi connectivity index (χ1) is 7.81. The van der Waals surface area contributed by atoms with E-state index >= 15 is 0 Å². The zero-order valence-corrected chi connectivity index (χ0v) is 8.95. The van der Waals surface area contributed by atoms with Crippen molar-refractivity contribution < 1.29 is 14.0 Å². The summed E-state index contributed by atoms with van der Waals surface area (Å²) < 4.78 is 18.0. The van der Waals surface area contributed by atoms with Crippen LogP contribution in [0.15, 0.2) is 24.3 Å². The molecule has 0 unspecified atom stereocenters. The number of morpholine rings is 1. The first kappa shape index (κ1) is 11.1. The van der Waals surface area contributed by atoms with E-state index in [1.54, 1.807) is 12.1 Å². The van der Waals surface area contributed by atoms with E-state index in [9.17, 15) is 9.65 Å². The molecule has 1 saturated heterocycles. The summed E-state index contributed by atoms with van der Waals surface area (Å²) in [7, 11) is 0. The lowest BCUT2D eigenvalue weighted by molar-refractivity contribution is -0.930. The van der Waals surface area contributed by atoms with Gasteiger partial charge in [0.15, 0.2) is 0 Å². The summed E-state index contributed by atoms with van der Waals surface area (Å²) in [4.78, 5) is 1.19. The van der Waals surface area contributed by atoms with Crippen molar-refractivity contribution in [2.24, 2.45) is 0 Å². The summed E-state index contributed by atoms with van der Waals surface area (Å²) in [5.74, 6) is -0.266. The van der Waals surface area contributed by atoms with Gasteiger partial charge in [0.1, 0.15) is 25.0 Å². The Morgan fingerprint density at radius 3 is 2.44 bits per heavy atom. The molecule has 0 amide bonds. The molecule has 1 aromatic carbocycles. The molecule has 0 radical (unpaired) electrons. The molecule has 2 rings (SSSR count). The van der Waals surface area contributed by atoms with Crippen LogP contribution in [0.4, 0.5) is 4.39 Å². The summed E-state index contributed by atoms with van der Waals surface area (Å²) >= 11 is 0. The molecule has 16 heavy (non-hydrogen) atoms. The minimum atomic E-state index is -0.266. The highest BCUT2D eigenvalue weighted by atomic mass is 19.1. The van der Waals surface area contributed by atoms with Crippen molar-refractivity contribution >= 4 is 0 Å². The highest BCUT2D eigenvalue weighted by molar-refractivity contribution is 5.22. The number of nitrogens with zero attached hydrogens (tertiary/aromatic N) is 1. The van der Waals surface area contributed by atoms with Crippen LogP contribution in [0.2, 0.25) is 0 Å². The minimum Gasteiger partial charge on any atom is -0.370 e. The highest BCUT2D eigenvalue weighted by Gasteiger charge is 2.25. The Balaban J connectivity index is 2.15. The second kappa shape index (κ2) is 5.06. The van der Waals surface area contributed by atoms with E-state index in [0.717, 1.165) is 18.7 Å². The summed E-state index contributed by atoms with van der Waals surface area (Å²) in [5, 5.41) is 9.20. The molecule has 0 saturated carbocycles. The van der Waals surface area contributed by atoms with E-state index in [-0.39, 0.29) is 11.9 Å². The van der Waals surface area contributed by atoms with E-state index < -0.39 is 0 Å². The van der Waals surface area contributed by atoms with E-state index in [0.29, 0.717) is 13.2 Å². The molecule has 84 valence electrons. The fraction of sp³-hybridized carbons (Fsp3) is 0.417. The van der Waals surface area contributed by atoms with E-state index in [1.165, 1.54) is 17.0 Å². The monoisotopic (exact) mass is 221 g/mol. The Kier molecular flexibility index (Phi) is 3.50. The molecule has 1 heterocycles. The number of nitriles is 1. The van der Waals surface area contributed by atoms with Crippen LogP contribution < -0.4 is 4.90 Å². The third-order valence-electron chi connectivity index (χ3n) is 2.88. The number of ether oxygens (including phenoxy) is 1. The number of benzene rings is 1. The summed E-state index contributed by atoms with van der Waals surface area (Å²) in [6.45, 7) is 3.04. The van der Waals surface area contributed by atoms with E-state index in [1.807, 2.05) is 0 Å². The number of rotatable bonds is 2. The van der Waals surface area contributed by atoms with Gasteiger partial charge in [0, 0.05) is 5.56 Å². The second-order valence-electron chi connectivity index (χ2n) is 3.88. The second-order valence-corrected chi connectivity index (χ2v) is 3.88. The molecular formula is C12H14FN2O+. The van der Waals surface area contributed by atoms with Crippen molar-refractivity contribution in [2.75, 3.05) is 26.3 Å². The first-order valence-electron chi connectivity index (χ1n) is 5.38. The number of hydrogen-bond donors (Lipinski definition) is 1. The molecule has 0 spiro atoms. The van der Waals surface area contributed by atoms with Gasteiger partial charge in [-0.15, -0.1) is 0 Å². The molecule has 1 aliphatic rings. The first-order valence-corrected chi connectivity index (χ1v) is 5.38. The average Bonchev–Trinajstić information content (AvgIpc) is 2.34. The Hall–Kier alpha value is -1.44. The Morgan fingerprint density at radius 2 is 1.88 bits per heavy atom. The van der Waals surface area contributed by atoms with Crippen LogP contribution in [0.25, 0.3) is 0 Å². The van der Waals surface area contributed by atoms with Crippen LogP contribution in [0.3, 0.4) is 0 Å². The van der Waals surface area contributed by atoms with Crippen molar-refractivity contribution in [3.8, 4) is 6.07 Å². The number of hydrogen-bond acceptors (Lipinski definition) is 2. The Morgan fingerprint density at radius 1 is 1.25 bits per heavy atom. The van der Waals surface area contributed by atoms with Gasteiger partial charge in [0.25, 0.3) is 0 Å². The van der Waals surface area contributed by atoms with Crippen LogP contribution >= 0.6 is 0 Å². The lowest BCUT2D eigenvalue weighted by Gasteiger charge is -2.27. The predicted octanol–water partition coefficient (Wildman–Crippen LogP) is 0.305. The SMILES string of the molecule is N#C[C@H](c1ccc(F)cc1)[NH+]1CCOCC1. The molecule has 1 N–H and O–H groups in total. The van der Waals surface area contributed by atoms with Crippen LogP contribution in [0.5, 0.6) is 0 Å². The van der Waals surface area contributed by atoms with Crippen molar-refractivity contribution in [1.82, 2.24) is 0 Å². The fourth-order valence-electron chi connectivity index (χ4n) is 1.98. The van der Waals surface area contributed by atoms with Crippen LogP contribution in [-0.2, 0) is 4.74 Å². The zero-order valence-electron chi connectivity index (χ0n) is 8.95. The van der Waals surface area contributed by atoms with Crippen LogP contribution in [0.1, 0.15) is 11.6 Å². The van der Waals surface area contributed by atoms with Gasteiger partial charge in [-0.05, 0) is 24.3 Å². The third kappa shape index (κ3) is 2.38. The Labute approximate surface area is 94.0 Å². The normalized spacial score (nSPS) is 19.0. The lowest BCUT2D eigenvalue weighted by atomic mass is 10.1. The molecule has 1 aliphatic heterocycles. The number of halogens is 1. The molecule has 1 aromatic rings. The number of nitrogens with one attached hydrogen (secondary N) is 1. The maximum Gasteiger partial charge on any atom is 0.200 e. The summed E-state index contributed by atoms with van der Waals surface area (Å²) in [6.07, 6.45) is 0. The smallest absolute Gasteiger partial charge is 0.200 e. The topological polar surface area (TPSA) is 37.5 Å². The van der Waals surface area contributed by atoms with Gasteiger partial charge in [0.2, 0.25) is 6.04 Å². The molecule has 0 aliphatic carbocycles. The molecule has 1 fully saturated rings. The van der Waals surface area contributed by atoms with Gasteiger partial charge in [0.05, 0.1) is 13.2 Å². The maximum atomic E-state index is 12.8. The Bertz CT molecular complexity index is 379. The summed E-state index contributed by atoms with van der Waals surface area (Å²) in [5.41, 5.74) is 0.876. The van der Waals surface area contributed by atoms with Gasteiger partial charge >= 0.3 is 0 Å². The van der Waals surface area contributed by atoms with Gasteiger partial charge < -0.3 is 9.64 Å². The van der Waals surface area contributed by atoms with Crippen LogP contribution in [-0.4, -0.2) is 26.3 Å². The van der Waals surface area contributed by atoms with Crippen molar-refractivity contribution in [3.05, 3.63) is 35.6 Å². The van der Waals surface area contributed by atoms with Gasteiger partial charge in [-0.25, -0.2) is 4.39 Å². The molecule has 0 bridgehead atoms. The van der Waals surface area contributed by atoms with Gasteiger partial charge in [-0.1, -0.05) is 0 Å². The predicted molar refractivity (Wildman–Crippen MR) is 56.3 cm³/mol. The van der Waals surface area contributed by atoms with Gasteiger partial charge in [-0.3, -0.25) is 0 Å². The molecular weight excluding hydrogens is 207 g/mol. The van der Waals surface area contributed by atoms with Crippen molar-refractivity contribution in [2.45, 2.75) is 6.04 Å². The minimum absolute atomic E-state index is 0.218. The largest absolute Gasteiger partial charge is 0.370 e. The molecule has 1 atom stereocenters. The fourth-order valence-corrected chi connectivity index (χ4v) is 1.98. The van der Waals surface area contributed by atoms with Crippen LogP contribution in [0, 0.1) is 17.1 Å². The quantitative estimate of drug-likeness (QED) is 0.780. The zero-order chi connectivity index (χ0) is 11.4. The van der Waals surface area contributed by atoms with Crippen molar-refractivity contribution in [1.29, 1.82) is 5.26 Å².